The van der Waals surface area contributed by atoms with Gasteiger partial charge in [0.25, 0.3) is 0 Å². The molecule has 66 valence electrons. The SMILES string of the molecule is Cc1nccc(F)c1NC(C)C. The van der Waals surface area contributed by atoms with Gasteiger partial charge in [-0.25, -0.2) is 4.39 Å². The lowest BCUT2D eigenvalue weighted by Gasteiger charge is -2.12. The second kappa shape index (κ2) is 3.52. The number of nitrogens with one attached hydrogen (secondary N) is 1. The third-order valence-corrected chi connectivity index (χ3v) is 1.52. The summed E-state index contributed by atoms with van der Waals surface area (Å²) in [6.07, 6.45) is 1.47. The molecule has 1 aromatic heterocycles. The Morgan fingerprint density at radius 1 is 1.50 bits per heavy atom. The highest BCUT2D eigenvalue weighted by Crippen LogP contribution is 2.16. The first kappa shape index (κ1) is 8.97. The zero-order valence-electron chi connectivity index (χ0n) is 7.56. The molecule has 0 aliphatic rings. The Bertz CT molecular complexity index is 251. The van der Waals surface area contributed by atoms with E-state index in [9.17, 15) is 4.39 Å². The molecule has 0 fully saturated rings. The van der Waals surface area contributed by atoms with Gasteiger partial charge in [-0.05, 0) is 26.8 Å². The van der Waals surface area contributed by atoms with Gasteiger partial charge in [0.1, 0.15) is 5.82 Å². The predicted octanol–water partition coefficient (Wildman–Crippen LogP) is 2.35. The van der Waals surface area contributed by atoms with E-state index in [1.807, 2.05) is 13.8 Å². The fourth-order valence-electron chi connectivity index (χ4n) is 0.997. The first-order valence-corrected chi connectivity index (χ1v) is 3.99. The van der Waals surface area contributed by atoms with E-state index >= 15 is 0 Å². The molecule has 0 spiro atoms. The van der Waals surface area contributed by atoms with Crippen molar-refractivity contribution in [2.75, 3.05) is 5.32 Å². The first-order chi connectivity index (χ1) is 5.61. The van der Waals surface area contributed by atoms with Crippen LogP contribution >= 0.6 is 0 Å². The summed E-state index contributed by atoms with van der Waals surface area (Å²) in [6, 6.07) is 1.58. The number of hydrogen-bond donors (Lipinski definition) is 1. The zero-order valence-corrected chi connectivity index (χ0v) is 7.56. The highest BCUT2D eigenvalue weighted by Gasteiger charge is 2.06. The van der Waals surface area contributed by atoms with Crippen molar-refractivity contribution < 1.29 is 4.39 Å². The number of anilines is 1. The standard InChI is InChI=1S/C9H13FN2/c1-6(2)12-9-7(3)11-5-4-8(9)10/h4-6,12H,1-3H3. The third kappa shape index (κ3) is 1.94. The molecular formula is C9H13FN2. The minimum absolute atomic E-state index is 0.224. The van der Waals surface area contributed by atoms with Crippen LogP contribution in [0.3, 0.4) is 0 Å². The van der Waals surface area contributed by atoms with Crippen LogP contribution in [0.15, 0.2) is 12.3 Å². The van der Waals surface area contributed by atoms with Gasteiger partial charge in [0.2, 0.25) is 0 Å². The maximum atomic E-state index is 13.1. The quantitative estimate of drug-likeness (QED) is 0.733. The van der Waals surface area contributed by atoms with Gasteiger partial charge in [0.05, 0.1) is 11.4 Å². The lowest BCUT2D eigenvalue weighted by molar-refractivity contribution is 0.624. The van der Waals surface area contributed by atoms with Crippen molar-refractivity contribution >= 4 is 5.69 Å². The molecule has 0 aliphatic carbocycles. The van der Waals surface area contributed by atoms with Gasteiger partial charge in [-0.2, -0.15) is 0 Å². The molecule has 0 saturated carbocycles. The molecular weight excluding hydrogens is 155 g/mol. The minimum Gasteiger partial charge on any atom is -0.379 e. The number of hydrogen-bond acceptors (Lipinski definition) is 2. The van der Waals surface area contributed by atoms with Crippen LogP contribution in [0, 0.1) is 12.7 Å². The molecule has 0 bridgehead atoms. The monoisotopic (exact) mass is 168 g/mol. The molecule has 1 N–H and O–H groups in total. The summed E-state index contributed by atoms with van der Waals surface area (Å²) in [4.78, 5) is 3.99. The van der Waals surface area contributed by atoms with Crippen molar-refractivity contribution in [3.8, 4) is 0 Å². The van der Waals surface area contributed by atoms with Crippen molar-refractivity contribution in [1.29, 1.82) is 0 Å². The van der Waals surface area contributed by atoms with Crippen LogP contribution in [-0.2, 0) is 0 Å². The lowest BCUT2D eigenvalue weighted by atomic mass is 10.2. The minimum atomic E-state index is -0.240. The molecule has 0 radical (unpaired) electrons. The van der Waals surface area contributed by atoms with Crippen LogP contribution in [-0.4, -0.2) is 11.0 Å². The van der Waals surface area contributed by atoms with Gasteiger partial charge in [0, 0.05) is 12.2 Å². The van der Waals surface area contributed by atoms with E-state index in [4.69, 9.17) is 0 Å². The van der Waals surface area contributed by atoms with Crippen LogP contribution in [0.1, 0.15) is 19.5 Å². The van der Waals surface area contributed by atoms with Crippen molar-refractivity contribution in [1.82, 2.24) is 4.98 Å². The molecule has 0 aromatic carbocycles. The molecule has 2 nitrogen and oxygen atoms in total. The van der Waals surface area contributed by atoms with E-state index < -0.39 is 0 Å². The second-order valence-corrected chi connectivity index (χ2v) is 3.05. The average molecular weight is 168 g/mol. The number of halogens is 1. The Morgan fingerprint density at radius 3 is 2.67 bits per heavy atom. The zero-order chi connectivity index (χ0) is 9.14. The summed E-state index contributed by atoms with van der Waals surface area (Å²) in [7, 11) is 0. The van der Waals surface area contributed by atoms with Gasteiger partial charge in [-0.3, -0.25) is 4.98 Å². The van der Waals surface area contributed by atoms with Gasteiger partial charge >= 0.3 is 0 Å². The van der Waals surface area contributed by atoms with Gasteiger partial charge < -0.3 is 5.32 Å². The van der Waals surface area contributed by atoms with E-state index in [1.54, 1.807) is 6.92 Å². The van der Waals surface area contributed by atoms with Gasteiger partial charge in [-0.1, -0.05) is 0 Å². The Kier molecular flexibility index (Phi) is 2.63. The number of pyridine rings is 1. The van der Waals surface area contributed by atoms with Gasteiger partial charge in [-0.15, -0.1) is 0 Å². The maximum Gasteiger partial charge on any atom is 0.149 e. The van der Waals surface area contributed by atoms with Crippen LogP contribution in [0.25, 0.3) is 0 Å². The smallest absolute Gasteiger partial charge is 0.149 e. The third-order valence-electron chi connectivity index (χ3n) is 1.52. The molecule has 1 aromatic rings. The molecule has 0 saturated heterocycles. The second-order valence-electron chi connectivity index (χ2n) is 3.05. The van der Waals surface area contributed by atoms with E-state index in [2.05, 4.69) is 10.3 Å². The number of nitrogens with zero attached hydrogens (tertiary/aromatic N) is 1. The van der Waals surface area contributed by atoms with Crippen molar-refractivity contribution in [3.63, 3.8) is 0 Å². The van der Waals surface area contributed by atoms with Crippen LogP contribution in [0.5, 0.6) is 0 Å². The van der Waals surface area contributed by atoms with Gasteiger partial charge in [0.15, 0.2) is 0 Å². The topological polar surface area (TPSA) is 24.9 Å². The largest absolute Gasteiger partial charge is 0.379 e. The molecule has 3 heteroatoms. The van der Waals surface area contributed by atoms with E-state index in [-0.39, 0.29) is 11.9 Å². The van der Waals surface area contributed by atoms with Crippen LogP contribution in [0.2, 0.25) is 0 Å². The lowest BCUT2D eigenvalue weighted by Crippen LogP contribution is -2.12. The molecule has 0 unspecified atom stereocenters. The first-order valence-electron chi connectivity index (χ1n) is 3.99. The summed E-state index contributed by atoms with van der Waals surface area (Å²) in [5.41, 5.74) is 1.20. The summed E-state index contributed by atoms with van der Waals surface area (Å²) in [6.45, 7) is 5.71. The number of rotatable bonds is 2. The average Bonchev–Trinajstić information content (AvgIpc) is 1.97. The molecule has 12 heavy (non-hydrogen) atoms. The summed E-state index contributed by atoms with van der Waals surface area (Å²) in [5, 5.41) is 3.00. The molecule has 0 atom stereocenters. The normalized spacial score (nSPS) is 10.4. The molecule has 1 rings (SSSR count). The van der Waals surface area contributed by atoms with Crippen molar-refractivity contribution in [2.24, 2.45) is 0 Å². The molecule has 1 heterocycles. The summed E-state index contributed by atoms with van der Waals surface area (Å²) in [5.74, 6) is -0.240. The van der Waals surface area contributed by atoms with E-state index in [0.717, 1.165) is 0 Å². The fraction of sp³-hybridized carbons (Fsp3) is 0.444. The summed E-state index contributed by atoms with van der Waals surface area (Å²) < 4.78 is 13.1. The van der Waals surface area contributed by atoms with Crippen LogP contribution < -0.4 is 5.32 Å². The van der Waals surface area contributed by atoms with Crippen LogP contribution in [0.4, 0.5) is 10.1 Å². The highest BCUT2D eigenvalue weighted by atomic mass is 19.1. The molecule has 0 aliphatic heterocycles. The number of aromatic nitrogens is 1. The summed E-state index contributed by atoms with van der Waals surface area (Å²) >= 11 is 0. The fourth-order valence-corrected chi connectivity index (χ4v) is 0.997. The Labute approximate surface area is 71.8 Å². The Balaban J connectivity index is 2.96. The predicted molar refractivity (Wildman–Crippen MR) is 47.7 cm³/mol. The van der Waals surface area contributed by atoms with Crippen molar-refractivity contribution in [3.05, 3.63) is 23.8 Å². The Hall–Kier alpha value is -1.12. The van der Waals surface area contributed by atoms with E-state index in [0.29, 0.717) is 11.4 Å². The maximum absolute atomic E-state index is 13.1. The van der Waals surface area contributed by atoms with Crippen molar-refractivity contribution in [2.45, 2.75) is 26.8 Å². The number of aryl methyl sites for hydroxylation is 1. The Morgan fingerprint density at radius 2 is 2.17 bits per heavy atom. The molecule has 0 amide bonds. The van der Waals surface area contributed by atoms with E-state index in [1.165, 1.54) is 12.3 Å². The highest BCUT2D eigenvalue weighted by molar-refractivity contribution is 5.48.